The first-order valence-corrected chi connectivity index (χ1v) is 6.83. The van der Waals surface area contributed by atoms with Crippen molar-refractivity contribution in [3.8, 4) is 0 Å². The van der Waals surface area contributed by atoms with Crippen molar-refractivity contribution in [1.82, 2.24) is 15.3 Å². The maximum atomic E-state index is 11.4. The number of halogens is 1. The van der Waals surface area contributed by atoms with E-state index >= 15 is 0 Å². The van der Waals surface area contributed by atoms with Crippen LogP contribution >= 0.6 is 11.6 Å². The lowest BCUT2D eigenvalue weighted by Crippen LogP contribution is -2.54. The van der Waals surface area contributed by atoms with E-state index in [1.807, 2.05) is 0 Å². The second kappa shape index (κ2) is 4.85. The van der Waals surface area contributed by atoms with Gasteiger partial charge in [0.25, 0.3) is 0 Å². The molecule has 0 radical (unpaired) electrons. The van der Waals surface area contributed by atoms with Crippen molar-refractivity contribution in [3.05, 3.63) is 11.5 Å². The highest BCUT2D eigenvalue weighted by Gasteiger charge is 2.34. The fourth-order valence-electron chi connectivity index (χ4n) is 2.92. The first kappa shape index (κ1) is 12.5. The summed E-state index contributed by atoms with van der Waals surface area (Å²) in [6.07, 6.45) is 3.88. The minimum Gasteiger partial charge on any atom is -0.393 e. The van der Waals surface area contributed by atoms with E-state index in [4.69, 9.17) is 17.3 Å². The molecule has 2 aliphatic heterocycles. The molecule has 19 heavy (non-hydrogen) atoms. The van der Waals surface area contributed by atoms with Gasteiger partial charge in [0, 0.05) is 25.6 Å². The Bertz CT molecular complexity index is 509. The predicted octanol–water partition coefficient (Wildman–Crippen LogP) is 0.817. The number of nitrogen functional groups attached to an aromatic ring is 1. The van der Waals surface area contributed by atoms with Crippen LogP contribution in [-0.4, -0.2) is 35.0 Å². The summed E-state index contributed by atoms with van der Waals surface area (Å²) in [6, 6.07) is 0.288. The summed E-state index contributed by atoms with van der Waals surface area (Å²) in [5.41, 5.74) is 6.37. The van der Waals surface area contributed by atoms with Crippen LogP contribution in [0, 0.1) is 5.92 Å². The van der Waals surface area contributed by atoms with Crippen LogP contribution in [0.4, 0.5) is 11.5 Å². The van der Waals surface area contributed by atoms with E-state index in [0.29, 0.717) is 29.0 Å². The first-order chi connectivity index (χ1) is 9.15. The molecule has 1 aromatic rings. The molecule has 102 valence electrons. The number of nitrogens with one attached hydrogen (secondary N) is 1. The van der Waals surface area contributed by atoms with Gasteiger partial charge >= 0.3 is 0 Å². The second-order valence-corrected chi connectivity index (χ2v) is 5.47. The molecule has 3 N–H and O–H groups in total. The van der Waals surface area contributed by atoms with Gasteiger partial charge in [0.2, 0.25) is 5.91 Å². The van der Waals surface area contributed by atoms with Gasteiger partial charge in [-0.3, -0.25) is 4.79 Å². The van der Waals surface area contributed by atoms with Gasteiger partial charge in [-0.05, 0) is 18.8 Å². The lowest BCUT2D eigenvalue weighted by molar-refractivity contribution is -0.124. The Morgan fingerprint density at radius 2 is 2.26 bits per heavy atom. The Morgan fingerprint density at radius 1 is 1.42 bits per heavy atom. The number of anilines is 2. The number of nitrogens with two attached hydrogens (primary N) is 1. The SMILES string of the molecule is Nc1c(Cl)ncnc1N1CCC2NC(=O)CCC2C1. The van der Waals surface area contributed by atoms with E-state index in [1.54, 1.807) is 0 Å². The number of amides is 1. The number of rotatable bonds is 1. The van der Waals surface area contributed by atoms with Gasteiger partial charge in [-0.2, -0.15) is 0 Å². The highest BCUT2D eigenvalue weighted by atomic mass is 35.5. The van der Waals surface area contributed by atoms with Gasteiger partial charge in [-0.25, -0.2) is 9.97 Å². The van der Waals surface area contributed by atoms with Crippen LogP contribution in [0.5, 0.6) is 0 Å². The van der Waals surface area contributed by atoms with Gasteiger partial charge in [-0.1, -0.05) is 11.6 Å². The van der Waals surface area contributed by atoms with E-state index in [2.05, 4.69) is 20.2 Å². The Balaban J connectivity index is 1.78. The average molecular weight is 282 g/mol. The minimum absolute atomic E-state index is 0.166. The maximum absolute atomic E-state index is 11.4. The molecule has 0 spiro atoms. The number of hydrogen-bond donors (Lipinski definition) is 2. The molecule has 3 heterocycles. The van der Waals surface area contributed by atoms with Crippen molar-refractivity contribution in [1.29, 1.82) is 0 Å². The molecule has 3 rings (SSSR count). The highest BCUT2D eigenvalue weighted by molar-refractivity contribution is 6.32. The number of nitrogens with zero attached hydrogens (tertiary/aromatic N) is 3. The molecule has 0 aromatic carbocycles. The monoisotopic (exact) mass is 281 g/mol. The summed E-state index contributed by atoms with van der Waals surface area (Å²) >= 11 is 5.93. The summed E-state index contributed by atoms with van der Waals surface area (Å²) in [5.74, 6) is 1.33. The molecular formula is C12H16ClN5O. The average Bonchev–Trinajstić information content (AvgIpc) is 2.41. The van der Waals surface area contributed by atoms with Gasteiger partial charge in [-0.15, -0.1) is 0 Å². The third-order valence-corrected chi connectivity index (χ3v) is 4.24. The lowest BCUT2D eigenvalue weighted by atomic mass is 9.85. The van der Waals surface area contributed by atoms with Crippen LogP contribution < -0.4 is 16.0 Å². The fraction of sp³-hybridized carbons (Fsp3) is 0.583. The normalized spacial score (nSPS) is 26.8. The predicted molar refractivity (Wildman–Crippen MR) is 72.9 cm³/mol. The smallest absolute Gasteiger partial charge is 0.220 e. The summed E-state index contributed by atoms with van der Waals surface area (Å²) in [7, 11) is 0. The molecule has 0 aliphatic carbocycles. The maximum Gasteiger partial charge on any atom is 0.220 e. The van der Waals surface area contributed by atoms with Crippen LogP contribution in [0.1, 0.15) is 19.3 Å². The highest BCUT2D eigenvalue weighted by Crippen LogP contribution is 2.32. The summed E-state index contributed by atoms with van der Waals surface area (Å²) in [4.78, 5) is 21.6. The Hall–Kier alpha value is -1.56. The zero-order chi connectivity index (χ0) is 13.4. The number of piperidine rings is 2. The summed E-state index contributed by atoms with van der Waals surface area (Å²) < 4.78 is 0. The van der Waals surface area contributed by atoms with Gasteiger partial charge < -0.3 is 16.0 Å². The van der Waals surface area contributed by atoms with Crippen molar-refractivity contribution in [2.45, 2.75) is 25.3 Å². The van der Waals surface area contributed by atoms with E-state index in [0.717, 1.165) is 25.9 Å². The number of hydrogen-bond acceptors (Lipinski definition) is 5. The number of aromatic nitrogens is 2. The molecule has 2 aliphatic rings. The summed E-state index contributed by atoms with van der Waals surface area (Å²) in [5, 5.41) is 3.36. The number of carbonyl (C=O) groups is 1. The van der Waals surface area contributed by atoms with E-state index in [9.17, 15) is 4.79 Å². The summed E-state index contributed by atoms with van der Waals surface area (Å²) in [6.45, 7) is 1.67. The molecule has 6 nitrogen and oxygen atoms in total. The Kier molecular flexibility index (Phi) is 3.18. The molecule has 0 saturated carbocycles. The van der Waals surface area contributed by atoms with Crippen molar-refractivity contribution < 1.29 is 4.79 Å². The molecule has 2 fully saturated rings. The van der Waals surface area contributed by atoms with Crippen LogP contribution in [0.2, 0.25) is 5.15 Å². The van der Waals surface area contributed by atoms with Crippen molar-refractivity contribution in [2.75, 3.05) is 23.7 Å². The van der Waals surface area contributed by atoms with E-state index < -0.39 is 0 Å². The van der Waals surface area contributed by atoms with Crippen molar-refractivity contribution in [2.24, 2.45) is 5.92 Å². The van der Waals surface area contributed by atoms with Crippen LogP contribution in [0.3, 0.4) is 0 Å². The van der Waals surface area contributed by atoms with E-state index in [1.165, 1.54) is 6.33 Å². The number of carbonyl (C=O) groups excluding carboxylic acids is 1. The molecule has 1 aromatic heterocycles. The molecule has 1 amide bonds. The van der Waals surface area contributed by atoms with Crippen LogP contribution in [0.15, 0.2) is 6.33 Å². The van der Waals surface area contributed by atoms with Gasteiger partial charge in [0.05, 0.1) is 0 Å². The lowest BCUT2D eigenvalue weighted by Gasteiger charge is -2.42. The minimum atomic E-state index is 0.166. The third kappa shape index (κ3) is 2.32. The molecular weight excluding hydrogens is 266 g/mol. The Morgan fingerprint density at radius 3 is 3.11 bits per heavy atom. The zero-order valence-corrected chi connectivity index (χ0v) is 11.2. The molecule has 7 heteroatoms. The molecule has 2 atom stereocenters. The zero-order valence-electron chi connectivity index (χ0n) is 10.5. The largest absolute Gasteiger partial charge is 0.393 e. The topological polar surface area (TPSA) is 84.1 Å². The van der Waals surface area contributed by atoms with Gasteiger partial charge in [0.1, 0.15) is 12.0 Å². The first-order valence-electron chi connectivity index (χ1n) is 6.45. The van der Waals surface area contributed by atoms with E-state index in [-0.39, 0.29) is 11.9 Å². The molecule has 2 unspecified atom stereocenters. The quantitative estimate of drug-likeness (QED) is 0.745. The van der Waals surface area contributed by atoms with Crippen molar-refractivity contribution >= 4 is 29.0 Å². The standard InChI is InChI=1S/C12H16ClN5O/c13-11-10(14)12(16-6-15-11)18-4-3-8-7(5-18)1-2-9(19)17-8/h6-8H,1-5,14H2,(H,17,19). The fourth-order valence-corrected chi connectivity index (χ4v) is 3.05. The van der Waals surface area contributed by atoms with Crippen LogP contribution in [0.25, 0.3) is 0 Å². The second-order valence-electron chi connectivity index (χ2n) is 5.11. The van der Waals surface area contributed by atoms with Gasteiger partial charge in [0.15, 0.2) is 11.0 Å². The number of fused-ring (bicyclic) bond motifs is 1. The van der Waals surface area contributed by atoms with Crippen molar-refractivity contribution in [3.63, 3.8) is 0 Å². The molecule has 2 saturated heterocycles. The molecule has 0 bridgehead atoms. The third-order valence-electron chi connectivity index (χ3n) is 3.94. The Labute approximate surface area is 116 Å². The van der Waals surface area contributed by atoms with Crippen LogP contribution in [-0.2, 0) is 4.79 Å².